The Morgan fingerprint density at radius 2 is 1.63 bits per heavy atom. The summed E-state index contributed by atoms with van der Waals surface area (Å²) in [6.07, 6.45) is 0. The molecular formula is C16H38N2O. The van der Waals surface area contributed by atoms with E-state index in [0.717, 1.165) is 19.6 Å². The highest BCUT2D eigenvalue weighted by Gasteiger charge is 2.38. The highest BCUT2D eigenvalue weighted by Crippen LogP contribution is 2.25. The Balaban J connectivity index is 0. The SMILES string of the molecule is CC.CC.CCN1CC(CO)N(C(C)C)CC1(C)C. The molecule has 0 aliphatic carbocycles. The van der Waals surface area contributed by atoms with Gasteiger partial charge in [0, 0.05) is 30.7 Å². The zero-order chi connectivity index (χ0) is 15.6. The highest BCUT2D eigenvalue weighted by atomic mass is 16.3. The van der Waals surface area contributed by atoms with E-state index in [1.807, 2.05) is 27.7 Å². The van der Waals surface area contributed by atoms with Crippen LogP contribution in [0, 0.1) is 0 Å². The Kier molecular flexibility index (Phi) is 11.9. The van der Waals surface area contributed by atoms with Crippen LogP contribution in [0.25, 0.3) is 0 Å². The third kappa shape index (κ3) is 6.24. The molecule has 0 radical (unpaired) electrons. The predicted octanol–water partition coefficient (Wildman–Crippen LogP) is 3.22. The third-order valence-corrected chi connectivity index (χ3v) is 3.58. The van der Waals surface area contributed by atoms with Crippen molar-refractivity contribution >= 4 is 0 Å². The van der Waals surface area contributed by atoms with Gasteiger partial charge >= 0.3 is 0 Å². The van der Waals surface area contributed by atoms with E-state index in [2.05, 4.69) is 44.4 Å². The van der Waals surface area contributed by atoms with Crippen LogP contribution in [-0.2, 0) is 0 Å². The van der Waals surface area contributed by atoms with E-state index in [0.29, 0.717) is 12.1 Å². The predicted molar refractivity (Wildman–Crippen MR) is 86.7 cm³/mol. The second-order valence-electron chi connectivity index (χ2n) is 5.45. The number of aliphatic hydroxyl groups excluding tert-OH is 1. The minimum atomic E-state index is 0.227. The van der Waals surface area contributed by atoms with Crippen molar-refractivity contribution in [3.8, 4) is 0 Å². The minimum Gasteiger partial charge on any atom is -0.395 e. The number of hydrogen-bond donors (Lipinski definition) is 1. The molecule has 19 heavy (non-hydrogen) atoms. The number of aliphatic hydroxyl groups is 1. The molecular weight excluding hydrogens is 236 g/mol. The van der Waals surface area contributed by atoms with Crippen molar-refractivity contribution in [3.63, 3.8) is 0 Å². The number of nitrogens with zero attached hydrogens (tertiary/aromatic N) is 2. The Hall–Kier alpha value is -0.120. The Labute approximate surface area is 122 Å². The third-order valence-electron chi connectivity index (χ3n) is 3.58. The van der Waals surface area contributed by atoms with E-state index >= 15 is 0 Å². The van der Waals surface area contributed by atoms with E-state index in [9.17, 15) is 5.11 Å². The van der Waals surface area contributed by atoms with Crippen LogP contribution in [0.4, 0.5) is 0 Å². The van der Waals surface area contributed by atoms with Gasteiger partial charge < -0.3 is 5.11 Å². The molecule has 0 saturated carbocycles. The smallest absolute Gasteiger partial charge is 0.0599 e. The van der Waals surface area contributed by atoms with Gasteiger partial charge in [0.1, 0.15) is 0 Å². The van der Waals surface area contributed by atoms with Gasteiger partial charge in [-0.15, -0.1) is 0 Å². The summed E-state index contributed by atoms with van der Waals surface area (Å²) in [6.45, 7) is 22.6. The van der Waals surface area contributed by atoms with Crippen molar-refractivity contribution in [1.29, 1.82) is 0 Å². The molecule has 0 aromatic rings. The quantitative estimate of drug-likeness (QED) is 0.856. The van der Waals surface area contributed by atoms with E-state index < -0.39 is 0 Å². The maximum absolute atomic E-state index is 9.43. The zero-order valence-electron chi connectivity index (χ0n) is 14.8. The lowest BCUT2D eigenvalue weighted by Crippen LogP contribution is -2.65. The lowest BCUT2D eigenvalue weighted by Gasteiger charge is -2.52. The Bertz CT molecular complexity index is 205. The molecule has 1 unspecified atom stereocenters. The molecule has 0 bridgehead atoms. The monoisotopic (exact) mass is 274 g/mol. The maximum Gasteiger partial charge on any atom is 0.0599 e. The van der Waals surface area contributed by atoms with Crippen LogP contribution in [0.1, 0.15) is 62.3 Å². The fraction of sp³-hybridized carbons (Fsp3) is 1.00. The molecule has 1 saturated heterocycles. The molecule has 0 aromatic carbocycles. The summed E-state index contributed by atoms with van der Waals surface area (Å²) in [5.74, 6) is 0. The van der Waals surface area contributed by atoms with Crippen molar-refractivity contribution in [2.45, 2.75) is 79.9 Å². The Morgan fingerprint density at radius 3 is 1.95 bits per heavy atom. The van der Waals surface area contributed by atoms with Gasteiger partial charge in [-0.2, -0.15) is 0 Å². The van der Waals surface area contributed by atoms with E-state index in [4.69, 9.17) is 0 Å². The van der Waals surface area contributed by atoms with Crippen LogP contribution in [0.3, 0.4) is 0 Å². The Morgan fingerprint density at radius 1 is 1.16 bits per heavy atom. The van der Waals surface area contributed by atoms with E-state index in [1.165, 1.54) is 0 Å². The summed E-state index contributed by atoms with van der Waals surface area (Å²) < 4.78 is 0. The number of hydrogen-bond acceptors (Lipinski definition) is 3. The van der Waals surface area contributed by atoms with Gasteiger partial charge in [-0.25, -0.2) is 0 Å². The van der Waals surface area contributed by atoms with Crippen LogP contribution in [-0.4, -0.2) is 58.8 Å². The van der Waals surface area contributed by atoms with E-state index in [-0.39, 0.29) is 12.1 Å². The first kappa shape index (κ1) is 21.2. The van der Waals surface area contributed by atoms with Crippen molar-refractivity contribution < 1.29 is 5.11 Å². The summed E-state index contributed by atoms with van der Waals surface area (Å²) in [7, 11) is 0. The summed E-state index contributed by atoms with van der Waals surface area (Å²) in [6, 6.07) is 0.818. The molecule has 1 N–H and O–H groups in total. The molecule has 0 aromatic heterocycles. The molecule has 0 amide bonds. The van der Waals surface area contributed by atoms with Gasteiger partial charge in [0.05, 0.1) is 6.61 Å². The molecule has 1 fully saturated rings. The molecule has 118 valence electrons. The molecule has 1 aliphatic heterocycles. The van der Waals surface area contributed by atoms with Gasteiger partial charge in [0.15, 0.2) is 0 Å². The summed E-state index contributed by atoms with van der Waals surface area (Å²) in [5, 5.41) is 9.43. The van der Waals surface area contributed by atoms with Crippen molar-refractivity contribution in [2.75, 3.05) is 26.2 Å². The fourth-order valence-corrected chi connectivity index (χ4v) is 2.61. The van der Waals surface area contributed by atoms with Crippen LogP contribution in [0.2, 0.25) is 0 Å². The molecule has 1 aliphatic rings. The van der Waals surface area contributed by atoms with E-state index in [1.54, 1.807) is 0 Å². The van der Waals surface area contributed by atoms with Crippen LogP contribution in [0.5, 0.6) is 0 Å². The topological polar surface area (TPSA) is 26.7 Å². The molecule has 1 atom stereocenters. The summed E-state index contributed by atoms with van der Waals surface area (Å²) >= 11 is 0. The van der Waals surface area contributed by atoms with Gasteiger partial charge in [-0.05, 0) is 34.2 Å². The van der Waals surface area contributed by atoms with Gasteiger partial charge in [-0.3, -0.25) is 9.80 Å². The van der Waals surface area contributed by atoms with Crippen molar-refractivity contribution in [1.82, 2.24) is 9.80 Å². The first-order valence-corrected chi connectivity index (χ1v) is 8.04. The number of rotatable bonds is 3. The van der Waals surface area contributed by atoms with Crippen LogP contribution in [0.15, 0.2) is 0 Å². The van der Waals surface area contributed by atoms with Gasteiger partial charge in [-0.1, -0.05) is 34.6 Å². The normalized spacial score (nSPS) is 23.2. The number of likely N-dealkylation sites (N-methyl/N-ethyl adjacent to an activating group) is 1. The molecule has 1 rings (SSSR count). The second-order valence-corrected chi connectivity index (χ2v) is 5.45. The minimum absolute atomic E-state index is 0.227. The molecule has 0 spiro atoms. The molecule has 3 heteroatoms. The van der Waals surface area contributed by atoms with Gasteiger partial charge in [0.2, 0.25) is 0 Å². The zero-order valence-corrected chi connectivity index (χ0v) is 14.8. The average Bonchev–Trinajstić information content (AvgIpc) is 2.42. The van der Waals surface area contributed by atoms with Crippen LogP contribution >= 0.6 is 0 Å². The standard InChI is InChI=1S/C12H26N2O.2C2H6/c1-6-13-7-11(8-15)14(10(2)3)9-12(13,4)5;2*1-2/h10-11,15H,6-9H2,1-5H3;2*1-2H3. The average molecular weight is 274 g/mol. The number of piperazine rings is 1. The summed E-state index contributed by atoms with van der Waals surface area (Å²) in [4.78, 5) is 4.89. The second kappa shape index (κ2) is 10.6. The fourth-order valence-electron chi connectivity index (χ4n) is 2.61. The van der Waals surface area contributed by atoms with Crippen LogP contribution < -0.4 is 0 Å². The van der Waals surface area contributed by atoms with Crippen molar-refractivity contribution in [2.24, 2.45) is 0 Å². The van der Waals surface area contributed by atoms with Crippen molar-refractivity contribution in [3.05, 3.63) is 0 Å². The lowest BCUT2D eigenvalue weighted by molar-refractivity contribution is -0.0456. The molecule has 1 heterocycles. The van der Waals surface area contributed by atoms with Gasteiger partial charge in [0.25, 0.3) is 0 Å². The highest BCUT2D eigenvalue weighted by molar-refractivity contribution is 4.95. The lowest BCUT2D eigenvalue weighted by atomic mass is 9.94. The largest absolute Gasteiger partial charge is 0.395 e. The first-order chi connectivity index (χ1) is 8.92. The summed E-state index contributed by atoms with van der Waals surface area (Å²) in [5.41, 5.74) is 0.227. The first-order valence-electron chi connectivity index (χ1n) is 8.04. The molecule has 3 nitrogen and oxygen atoms in total. The maximum atomic E-state index is 9.43.